The van der Waals surface area contributed by atoms with Crippen LogP contribution in [0.1, 0.15) is 24.0 Å². The minimum atomic E-state index is -0.325. The highest BCUT2D eigenvalue weighted by molar-refractivity contribution is 5.76. The van der Waals surface area contributed by atoms with Gasteiger partial charge in [-0.3, -0.25) is 4.90 Å². The van der Waals surface area contributed by atoms with Crippen LogP contribution in [0.2, 0.25) is 0 Å². The number of nitrogens with one attached hydrogen (secondary N) is 1. The van der Waals surface area contributed by atoms with Gasteiger partial charge in [0, 0.05) is 32.7 Å². The first-order valence-electron chi connectivity index (χ1n) is 10.1. The number of ether oxygens (including phenoxy) is 2. The molecule has 0 spiro atoms. The molecule has 0 unspecified atom stereocenters. The molecule has 0 atom stereocenters. The second-order valence-corrected chi connectivity index (χ2v) is 7.97. The number of fused-ring (bicyclic) bond motifs is 1. The summed E-state index contributed by atoms with van der Waals surface area (Å²) < 4.78 is 24.0. The molecular formula is C22H24FN3O3. The third-order valence-electron chi connectivity index (χ3n) is 6.00. The van der Waals surface area contributed by atoms with Crippen molar-refractivity contribution >= 4 is 6.03 Å². The van der Waals surface area contributed by atoms with Gasteiger partial charge in [0.25, 0.3) is 0 Å². The smallest absolute Gasteiger partial charge is 0.318 e. The molecule has 0 bridgehead atoms. The maximum Gasteiger partial charge on any atom is 0.318 e. The maximum absolute atomic E-state index is 13.2. The molecule has 2 fully saturated rings. The molecule has 29 heavy (non-hydrogen) atoms. The van der Waals surface area contributed by atoms with Gasteiger partial charge in [0.05, 0.1) is 5.54 Å². The van der Waals surface area contributed by atoms with Crippen molar-refractivity contribution in [1.82, 2.24) is 15.1 Å². The molecule has 6 nitrogen and oxygen atoms in total. The van der Waals surface area contributed by atoms with Crippen LogP contribution in [0.4, 0.5) is 9.18 Å². The lowest BCUT2D eigenvalue weighted by Gasteiger charge is -2.35. The first-order valence-corrected chi connectivity index (χ1v) is 10.1. The Balaban J connectivity index is 1.15. The molecule has 3 aliphatic rings. The van der Waals surface area contributed by atoms with Crippen LogP contribution in [0, 0.1) is 5.82 Å². The number of carbonyl (C=O) groups is 1. The summed E-state index contributed by atoms with van der Waals surface area (Å²) in [7, 11) is 0. The van der Waals surface area contributed by atoms with Crippen molar-refractivity contribution in [3.05, 3.63) is 59.4 Å². The van der Waals surface area contributed by atoms with Crippen LogP contribution in [0.3, 0.4) is 0 Å². The highest BCUT2D eigenvalue weighted by atomic mass is 19.1. The van der Waals surface area contributed by atoms with E-state index in [9.17, 15) is 9.18 Å². The van der Waals surface area contributed by atoms with Crippen LogP contribution in [0.15, 0.2) is 42.5 Å². The molecule has 2 aromatic rings. The summed E-state index contributed by atoms with van der Waals surface area (Å²) in [6, 6.07) is 12.5. The lowest BCUT2D eigenvalue weighted by atomic mass is 10.1. The molecule has 2 aromatic carbocycles. The van der Waals surface area contributed by atoms with E-state index in [-0.39, 0.29) is 24.2 Å². The molecule has 1 aliphatic carbocycles. The minimum absolute atomic E-state index is 0.0328. The summed E-state index contributed by atoms with van der Waals surface area (Å²) >= 11 is 0. The van der Waals surface area contributed by atoms with Gasteiger partial charge in [-0.2, -0.15) is 0 Å². The van der Waals surface area contributed by atoms with Gasteiger partial charge >= 0.3 is 6.03 Å². The number of benzene rings is 2. The van der Waals surface area contributed by atoms with Crippen molar-refractivity contribution in [3.8, 4) is 11.5 Å². The SMILES string of the molecule is O=C(NC1(c2ccc(F)cc2)CC1)N1CCN(Cc2ccc3c(c2)OCO3)CC1. The van der Waals surface area contributed by atoms with Crippen molar-refractivity contribution in [3.63, 3.8) is 0 Å². The summed E-state index contributed by atoms with van der Waals surface area (Å²) in [4.78, 5) is 17.0. The minimum Gasteiger partial charge on any atom is -0.454 e. The van der Waals surface area contributed by atoms with Crippen LogP contribution in [0.25, 0.3) is 0 Å². The summed E-state index contributed by atoms with van der Waals surface area (Å²) in [5.74, 6) is 1.34. The zero-order valence-electron chi connectivity index (χ0n) is 16.2. The van der Waals surface area contributed by atoms with Crippen LogP contribution in [0.5, 0.6) is 11.5 Å². The Morgan fingerprint density at radius 1 is 1.00 bits per heavy atom. The summed E-state index contributed by atoms with van der Waals surface area (Å²) in [6.45, 7) is 4.14. The number of carbonyl (C=O) groups excluding carboxylic acids is 1. The van der Waals surface area contributed by atoms with E-state index in [0.717, 1.165) is 49.5 Å². The summed E-state index contributed by atoms with van der Waals surface area (Å²) in [5.41, 5.74) is 1.84. The van der Waals surface area contributed by atoms with Crippen LogP contribution >= 0.6 is 0 Å². The first-order chi connectivity index (χ1) is 14.1. The molecule has 0 radical (unpaired) electrons. The molecule has 2 aliphatic heterocycles. The fraction of sp³-hybridized carbons (Fsp3) is 0.409. The Hall–Kier alpha value is -2.80. The highest BCUT2D eigenvalue weighted by Gasteiger charge is 2.46. The van der Waals surface area contributed by atoms with Gasteiger partial charge in [0.2, 0.25) is 6.79 Å². The molecule has 5 rings (SSSR count). The second kappa shape index (κ2) is 7.22. The second-order valence-electron chi connectivity index (χ2n) is 7.97. The molecule has 2 heterocycles. The Bertz CT molecular complexity index is 906. The Morgan fingerprint density at radius 2 is 1.72 bits per heavy atom. The third kappa shape index (κ3) is 3.74. The Labute approximate surface area is 169 Å². The number of hydrogen-bond donors (Lipinski definition) is 1. The van der Waals surface area contributed by atoms with E-state index in [4.69, 9.17) is 9.47 Å². The van der Waals surface area contributed by atoms with E-state index in [1.165, 1.54) is 17.7 Å². The van der Waals surface area contributed by atoms with Gasteiger partial charge in [-0.05, 0) is 48.2 Å². The van der Waals surface area contributed by atoms with Crippen molar-refractivity contribution in [2.24, 2.45) is 0 Å². The van der Waals surface area contributed by atoms with Crippen LogP contribution in [-0.2, 0) is 12.1 Å². The van der Waals surface area contributed by atoms with E-state index in [1.54, 1.807) is 12.1 Å². The number of hydrogen-bond acceptors (Lipinski definition) is 4. The molecule has 152 valence electrons. The van der Waals surface area contributed by atoms with E-state index in [1.807, 2.05) is 17.0 Å². The average molecular weight is 397 g/mol. The molecular weight excluding hydrogens is 373 g/mol. The lowest BCUT2D eigenvalue weighted by molar-refractivity contribution is 0.132. The molecule has 2 amide bonds. The van der Waals surface area contributed by atoms with E-state index in [0.29, 0.717) is 13.1 Å². The number of urea groups is 1. The Kier molecular flexibility index (Phi) is 4.54. The van der Waals surface area contributed by atoms with Gasteiger partial charge in [-0.1, -0.05) is 18.2 Å². The first kappa shape index (κ1) is 18.2. The average Bonchev–Trinajstić information content (AvgIpc) is 3.36. The number of piperazine rings is 1. The third-order valence-corrected chi connectivity index (χ3v) is 6.00. The van der Waals surface area contributed by atoms with Crippen molar-refractivity contribution in [2.45, 2.75) is 24.9 Å². The van der Waals surface area contributed by atoms with E-state index in [2.05, 4.69) is 16.3 Å². The normalized spacial score (nSPS) is 19.8. The largest absolute Gasteiger partial charge is 0.454 e. The van der Waals surface area contributed by atoms with Gasteiger partial charge < -0.3 is 19.7 Å². The van der Waals surface area contributed by atoms with E-state index < -0.39 is 0 Å². The zero-order chi connectivity index (χ0) is 19.8. The van der Waals surface area contributed by atoms with Gasteiger partial charge in [-0.15, -0.1) is 0 Å². The zero-order valence-corrected chi connectivity index (χ0v) is 16.2. The van der Waals surface area contributed by atoms with Crippen molar-refractivity contribution in [2.75, 3.05) is 33.0 Å². The topological polar surface area (TPSA) is 54.0 Å². The fourth-order valence-corrected chi connectivity index (χ4v) is 4.07. The summed E-state index contributed by atoms with van der Waals surface area (Å²) in [6.07, 6.45) is 1.79. The number of rotatable bonds is 4. The number of amides is 2. The molecule has 1 saturated heterocycles. The number of halogens is 1. The molecule has 1 saturated carbocycles. The van der Waals surface area contributed by atoms with Crippen LogP contribution < -0.4 is 14.8 Å². The molecule has 0 aromatic heterocycles. The predicted octanol–water partition coefficient (Wildman–Crippen LogP) is 3.07. The highest BCUT2D eigenvalue weighted by Crippen LogP contribution is 2.45. The predicted molar refractivity (Wildman–Crippen MR) is 105 cm³/mol. The standard InChI is InChI=1S/C22H24FN3O3/c23-18-4-2-17(3-5-18)22(7-8-22)24-21(27)26-11-9-25(10-12-26)14-16-1-6-19-20(13-16)29-15-28-19/h1-6,13H,7-12,14-15H2,(H,24,27). The lowest BCUT2D eigenvalue weighted by Crippen LogP contribution is -2.53. The van der Waals surface area contributed by atoms with Gasteiger partial charge in [0.1, 0.15) is 5.82 Å². The Morgan fingerprint density at radius 3 is 2.45 bits per heavy atom. The van der Waals surface area contributed by atoms with Crippen molar-refractivity contribution in [1.29, 1.82) is 0 Å². The van der Waals surface area contributed by atoms with Crippen molar-refractivity contribution < 1.29 is 18.7 Å². The van der Waals surface area contributed by atoms with Gasteiger partial charge in [-0.25, -0.2) is 9.18 Å². The van der Waals surface area contributed by atoms with Gasteiger partial charge in [0.15, 0.2) is 11.5 Å². The summed E-state index contributed by atoms with van der Waals surface area (Å²) in [5, 5.41) is 3.18. The maximum atomic E-state index is 13.2. The monoisotopic (exact) mass is 397 g/mol. The number of nitrogens with zero attached hydrogens (tertiary/aromatic N) is 2. The van der Waals surface area contributed by atoms with Crippen LogP contribution in [-0.4, -0.2) is 48.8 Å². The molecule has 1 N–H and O–H groups in total. The molecule has 7 heteroatoms. The quantitative estimate of drug-likeness (QED) is 0.862. The fourth-order valence-electron chi connectivity index (χ4n) is 4.07. The van der Waals surface area contributed by atoms with E-state index >= 15 is 0 Å².